The van der Waals surface area contributed by atoms with Crippen LogP contribution in [0.2, 0.25) is 39.3 Å². The van der Waals surface area contributed by atoms with Gasteiger partial charge in [0.05, 0.1) is 12.2 Å². The predicted octanol–water partition coefficient (Wildman–Crippen LogP) is 4.27. The Labute approximate surface area is 121 Å². The van der Waals surface area contributed by atoms with Crippen LogP contribution in [0, 0.1) is 18.3 Å². The van der Waals surface area contributed by atoms with Gasteiger partial charge in [0.15, 0.2) is 16.6 Å². The standard InChI is InChI=1S/C15H30O2Si2/c1-10-12-15(17-19(7,8)9)13(3)14(11-2)16-18(4,5)6/h1,11,13-15H,2,12H2,3-9H3/t13-,14+,15-/m1/s1. The lowest BCUT2D eigenvalue weighted by Gasteiger charge is -2.35. The lowest BCUT2D eigenvalue weighted by Crippen LogP contribution is -2.42. The van der Waals surface area contributed by atoms with Gasteiger partial charge in [0, 0.05) is 12.3 Å². The van der Waals surface area contributed by atoms with Gasteiger partial charge in [-0.25, -0.2) is 0 Å². The Kier molecular flexibility index (Phi) is 7.30. The Bertz CT molecular complexity index is 321. The van der Waals surface area contributed by atoms with Crippen LogP contribution in [0.4, 0.5) is 0 Å². The van der Waals surface area contributed by atoms with Crippen LogP contribution < -0.4 is 0 Å². The van der Waals surface area contributed by atoms with E-state index in [0.29, 0.717) is 6.42 Å². The molecule has 0 aliphatic heterocycles. The van der Waals surface area contributed by atoms with Crippen molar-refractivity contribution in [3.8, 4) is 12.3 Å². The second-order valence-electron chi connectivity index (χ2n) is 6.97. The molecule has 0 fully saturated rings. The lowest BCUT2D eigenvalue weighted by atomic mass is 9.96. The van der Waals surface area contributed by atoms with Gasteiger partial charge in [0.25, 0.3) is 0 Å². The Morgan fingerprint density at radius 2 is 1.58 bits per heavy atom. The second kappa shape index (κ2) is 7.44. The molecule has 0 rings (SSSR count). The summed E-state index contributed by atoms with van der Waals surface area (Å²) < 4.78 is 12.4. The van der Waals surface area contributed by atoms with E-state index in [1.807, 2.05) is 6.08 Å². The molecule has 0 saturated heterocycles. The van der Waals surface area contributed by atoms with E-state index in [-0.39, 0.29) is 18.1 Å². The SMILES string of the molecule is C#CC[C@@H](O[Si](C)(C)C)[C@H](C)[C@H](C=C)O[Si](C)(C)C. The average molecular weight is 299 g/mol. The van der Waals surface area contributed by atoms with Gasteiger partial charge in [0.1, 0.15) is 0 Å². The minimum Gasteiger partial charge on any atom is -0.413 e. The molecule has 0 unspecified atom stereocenters. The minimum atomic E-state index is -1.61. The zero-order valence-corrected chi connectivity index (χ0v) is 15.6. The van der Waals surface area contributed by atoms with Crippen LogP contribution >= 0.6 is 0 Å². The Morgan fingerprint density at radius 1 is 1.11 bits per heavy atom. The van der Waals surface area contributed by atoms with Crippen molar-refractivity contribution in [2.45, 2.75) is 64.8 Å². The summed E-state index contributed by atoms with van der Waals surface area (Å²) in [6.45, 7) is 19.2. The molecule has 0 aromatic heterocycles. The highest BCUT2D eigenvalue weighted by atomic mass is 28.4. The number of rotatable bonds is 8. The average Bonchev–Trinajstić information content (AvgIpc) is 2.21. The summed E-state index contributed by atoms with van der Waals surface area (Å²) in [5, 5.41) is 0. The quantitative estimate of drug-likeness (QED) is 0.378. The minimum absolute atomic E-state index is 0.0152. The predicted molar refractivity (Wildman–Crippen MR) is 89.2 cm³/mol. The summed E-state index contributed by atoms with van der Waals surface area (Å²) in [5.74, 6) is 2.96. The first kappa shape index (κ1) is 18.7. The topological polar surface area (TPSA) is 18.5 Å². The highest BCUT2D eigenvalue weighted by Gasteiger charge is 2.31. The molecule has 0 aromatic carbocycles. The largest absolute Gasteiger partial charge is 0.413 e. The smallest absolute Gasteiger partial charge is 0.184 e. The highest BCUT2D eigenvalue weighted by molar-refractivity contribution is 6.70. The third kappa shape index (κ3) is 8.43. The molecule has 0 bridgehead atoms. The molecule has 0 aliphatic rings. The third-order valence-electron chi connectivity index (χ3n) is 2.65. The first-order valence-electron chi connectivity index (χ1n) is 6.92. The molecule has 0 heterocycles. The van der Waals surface area contributed by atoms with E-state index < -0.39 is 16.6 Å². The van der Waals surface area contributed by atoms with E-state index in [2.05, 4.69) is 58.7 Å². The van der Waals surface area contributed by atoms with Crippen LogP contribution in [0.15, 0.2) is 12.7 Å². The van der Waals surface area contributed by atoms with Crippen molar-refractivity contribution in [2.75, 3.05) is 0 Å². The van der Waals surface area contributed by atoms with E-state index in [9.17, 15) is 0 Å². The van der Waals surface area contributed by atoms with E-state index in [0.717, 1.165) is 0 Å². The van der Waals surface area contributed by atoms with E-state index in [1.165, 1.54) is 0 Å². The number of hydrogen-bond acceptors (Lipinski definition) is 2. The van der Waals surface area contributed by atoms with Crippen molar-refractivity contribution in [1.29, 1.82) is 0 Å². The normalized spacial score (nSPS) is 17.4. The molecular weight excluding hydrogens is 268 g/mol. The highest BCUT2D eigenvalue weighted by Crippen LogP contribution is 2.24. The molecular formula is C15H30O2Si2. The Hall–Kier alpha value is -0.346. The maximum atomic E-state index is 6.22. The number of hydrogen-bond donors (Lipinski definition) is 0. The summed E-state index contributed by atoms with van der Waals surface area (Å²) in [6.07, 6.45) is 8.07. The van der Waals surface area contributed by atoms with Gasteiger partial charge in [-0.05, 0) is 39.3 Å². The van der Waals surface area contributed by atoms with Gasteiger partial charge < -0.3 is 8.85 Å². The van der Waals surface area contributed by atoms with Gasteiger partial charge in [-0.15, -0.1) is 18.9 Å². The summed E-state index contributed by atoms with van der Waals surface area (Å²) >= 11 is 0. The molecule has 0 amide bonds. The zero-order chi connectivity index (χ0) is 15.3. The monoisotopic (exact) mass is 298 g/mol. The van der Waals surface area contributed by atoms with Crippen molar-refractivity contribution >= 4 is 16.6 Å². The molecule has 2 nitrogen and oxygen atoms in total. The lowest BCUT2D eigenvalue weighted by molar-refractivity contribution is 0.0684. The first-order chi connectivity index (χ1) is 8.50. The fourth-order valence-corrected chi connectivity index (χ4v) is 4.23. The molecule has 19 heavy (non-hydrogen) atoms. The first-order valence-corrected chi connectivity index (χ1v) is 13.7. The second-order valence-corrected chi connectivity index (χ2v) is 15.9. The van der Waals surface area contributed by atoms with Gasteiger partial charge in [-0.2, -0.15) is 0 Å². The van der Waals surface area contributed by atoms with Crippen LogP contribution in [-0.2, 0) is 8.85 Å². The molecule has 3 atom stereocenters. The van der Waals surface area contributed by atoms with Crippen LogP contribution in [0.3, 0.4) is 0 Å². The van der Waals surface area contributed by atoms with Crippen LogP contribution in [0.25, 0.3) is 0 Å². The maximum Gasteiger partial charge on any atom is 0.184 e. The summed E-state index contributed by atoms with van der Waals surface area (Å²) in [5.41, 5.74) is 0. The molecule has 0 spiro atoms. The van der Waals surface area contributed by atoms with Crippen molar-refractivity contribution < 1.29 is 8.85 Å². The fraction of sp³-hybridized carbons (Fsp3) is 0.733. The molecule has 110 valence electrons. The van der Waals surface area contributed by atoms with Crippen LogP contribution in [0.1, 0.15) is 13.3 Å². The third-order valence-corrected chi connectivity index (χ3v) is 4.64. The van der Waals surface area contributed by atoms with E-state index >= 15 is 0 Å². The molecule has 4 heteroatoms. The van der Waals surface area contributed by atoms with Gasteiger partial charge >= 0.3 is 0 Å². The maximum absolute atomic E-state index is 6.22. The molecule has 0 N–H and O–H groups in total. The molecule has 0 aromatic rings. The van der Waals surface area contributed by atoms with Crippen LogP contribution in [0.5, 0.6) is 0 Å². The van der Waals surface area contributed by atoms with Crippen molar-refractivity contribution in [2.24, 2.45) is 5.92 Å². The summed E-state index contributed by atoms with van der Waals surface area (Å²) in [6, 6.07) is 0. The number of terminal acetylenes is 1. The van der Waals surface area contributed by atoms with Gasteiger partial charge in [-0.1, -0.05) is 13.0 Å². The van der Waals surface area contributed by atoms with Crippen molar-refractivity contribution in [3.63, 3.8) is 0 Å². The van der Waals surface area contributed by atoms with Gasteiger partial charge in [0.2, 0.25) is 0 Å². The van der Waals surface area contributed by atoms with Crippen molar-refractivity contribution in [3.05, 3.63) is 12.7 Å². The van der Waals surface area contributed by atoms with Gasteiger partial charge in [-0.3, -0.25) is 0 Å². The van der Waals surface area contributed by atoms with E-state index in [4.69, 9.17) is 15.3 Å². The van der Waals surface area contributed by atoms with E-state index in [1.54, 1.807) is 0 Å². The summed E-state index contributed by atoms with van der Waals surface area (Å²) in [7, 11) is -3.21. The zero-order valence-electron chi connectivity index (χ0n) is 13.6. The molecule has 0 aliphatic carbocycles. The van der Waals surface area contributed by atoms with Crippen molar-refractivity contribution in [1.82, 2.24) is 0 Å². The Balaban J connectivity index is 4.90. The molecule has 0 saturated carbocycles. The summed E-state index contributed by atoms with van der Waals surface area (Å²) in [4.78, 5) is 0. The molecule has 0 radical (unpaired) electrons. The Morgan fingerprint density at radius 3 is 1.89 bits per heavy atom. The fourth-order valence-electron chi connectivity index (χ4n) is 1.90. The van der Waals surface area contributed by atoms with Crippen LogP contribution in [-0.4, -0.2) is 28.8 Å².